The molecule has 3 heterocycles. The first-order valence-corrected chi connectivity index (χ1v) is 11.1. The number of aromatic nitrogens is 5. The Labute approximate surface area is 192 Å². The fourth-order valence-corrected chi connectivity index (χ4v) is 4.43. The minimum atomic E-state index is -0.225. The molecule has 0 saturated carbocycles. The predicted molar refractivity (Wildman–Crippen MR) is 126 cm³/mol. The van der Waals surface area contributed by atoms with Crippen LogP contribution in [-0.2, 0) is 6.54 Å². The van der Waals surface area contributed by atoms with Gasteiger partial charge in [-0.05, 0) is 60.7 Å². The Morgan fingerprint density at radius 2 is 1.94 bits per heavy atom. The van der Waals surface area contributed by atoms with E-state index in [1.54, 1.807) is 13.4 Å². The third-order valence-electron chi connectivity index (χ3n) is 6.04. The number of ether oxygens (including phenoxy) is 1. The summed E-state index contributed by atoms with van der Waals surface area (Å²) in [7, 11) is 1.66. The van der Waals surface area contributed by atoms with Crippen molar-refractivity contribution < 1.29 is 9.13 Å². The van der Waals surface area contributed by atoms with Gasteiger partial charge in [-0.15, -0.1) is 0 Å². The van der Waals surface area contributed by atoms with Gasteiger partial charge in [-0.1, -0.05) is 31.2 Å². The molecule has 0 fully saturated rings. The molecule has 0 amide bonds. The van der Waals surface area contributed by atoms with Crippen molar-refractivity contribution in [2.75, 3.05) is 7.11 Å². The van der Waals surface area contributed by atoms with Crippen molar-refractivity contribution in [2.24, 2.45) is 5.92 Å². The molecule has 2 atom stereocenters. The number of aryl methyl sites for hydroxylation is 1. The maximum absolute atomic E-state index is 13.4. The van der Waals surface area contributed by atoms with E-state index < -0.39 is 0 Å². The minimum Gasteiger partial charge on any atom is -0.495 e. The first-order valence-electron chi connectivity index (χ1n) is 11.1. The van der Waals surface area contributed by atoms with Crippen molar-refractivity contribution >= 4 is 12.2 Å². The van der Waals surface area contributed by atoms with Gasteiger partial charge in [-0.25, -0.2) is 19.0 Å². The summed E-state index contributed by atoms with van der Waals surface area (Å²) < 4.78 is 23.0. The predicted octanol–water partition coefficient (Wildman–Crippen LogP) is 5.26. The molecule has 0 radical (unpaired) electrons. The monoisotopic (exact) mass is 443 g/mol. The molecule has 4 aromatic rings. The van der Waals surface area contributed by atoms with Crippen LogP contribution in [0.2, 0.25) is 0 Å². The van der Waals surface area contributed by atoms with E-state index in [2.05, 4.69) is 11.9 Å². The SMILES string of the molecule is COc1cc(/C=C/c2nc3n(n2)CC(C)CC3c2ccc(F)cc2)ccc1-n1cnc(C)c1. The van der Waals surface area contributed by atoms with Gasteiger partial charge >= 0.3 is 0 Å². The second-order valence-electron chi connectivity index (χ2n) is 8.64. The maximum atomic E-state index is 13.4. The molecule has 1 aliphatic rings. The summed E-state index contributed by atoms with van der Waals surface area (Å²) in [5.74, 6) is 2.72. The van der Waals surface area contributed by atoms with Crippen LogP contribution in [0.15, 0.2) is 55.0 Å². The molecule has 168 valence electrons. The average molecular weight is 444 g/mol. The van der Waals surface area contributed by atoms with Crippen molar-refractivity contribution in [1.29, 1.82) is 0 Å². The van der Waals surface area contributed by atoms with E-state index in [9.17, 15) is 4.39 Å². The Morgan fingerprint density at radius 1 is 1.12 bits per heavy atom. The highest BCUT2D eigenvalue weighted by Crippen LogP contribution is 2.35. The van der Waals surface area contributed by atoms with E-state index in [0.29, 0.717) is 11.7 Å². The van der Waals surface area contributed by atoms with Crippen LogP contribution in [0.5, 0.6) is 5.75 Å². The molecular formula is C26H26FN5O. The van der Waals surface area contributed by atoms with E-state index >= 15 is 0 Å². The standard InChI is InChI=1S/C26H26FN5O/c1-17-12-22(20-6-8-21(27)9-7-20)26-29-25(30-32(26)14-17)11-5-19-4-10-23(24(13-19)33-3)31-15-18(2)28-16-31/h4-11,13,15-17,22H,12,14H2,1-3H3/b11-5+. The topological polar surface area (TPSA) is 57.8 Å². The molecule has 2 aromatic heterocycles. The van der Waals surface area contributed by atoms with Gasteiger partial charge in [0.1, 0.15) is 17.4 Å². The molecule has 2 aromatic carbocycles. The third kappa shape index (κ3) is 4.31. The van der Waals surface area contributed by atoms with Crippen molar-refractivity contribution in [1.82, 2.24) is 24.3 Å². The molecule has 33 heavy (non-hydrogen) atoms. The quantitative estimate of drug-likeness (QED) is 0.422. The van der Waals surface area contributed by atoms with Gasteiger partial charge in [0.2, 0.25) is 0 Å². The molecule has 0 aliphatic carbocycles. The zero-order chi connectivity index (χ0) is 22.9. The number of fused-ring (bicyclic) bond motifs is 1. The molecule has 0 spiro atoms. The normalized spacial score (nSPS) is 17.9. The van der Waals surface area contributed by atoms with Gasteiger partial charge in [0.15, 0.2) is 5.82 Å². The highest BCUT2D eigenvalue weighted by atomic mass is 19.1. The third-order valence-corrected chi connectivity index (χ3v) is 6.04. The van der Waals surface area contributed by atoms with Crippen molar-refractivity contribution in [3.63, 3.8) is 0 Å². The van der Waals surface area contributed by atoms with Gasteiger partial charge in [-0.2, -0.15) is 5.10 Å². The van der Waals surface area contributed by atoms with E-state index in [1.165, 1.54) is 12.1 Å². The average Bonchev–Trinajstić information content (AvgIpc) is 3.43. The number of imidazole rings is 1. The molecule has 2 unspecified atom stereocenters. The maximum Gasteiger partial charge on any atom is 0.174 e. The smallest absolute Gasteiger partial charge is 0.174 e. The molecular weight excluding hydrogens is 417 g/mol. The summed E-state index contributed by atoms with van der Waals surface area (Å²) >= 11 is 0. The highest BCUT2D eigenvalue weighted by molar-refractivity contribution is 5.69. The van der Waals surface area contributed by atoms with Crippen molar-refractivity contribution in [3.05, 3.63) is 89.3 Å². The second kappa shape index (κ2) is 8.65. The lowest BCUT2D eigenvalue weighted by atomic mass is 9.86. The lowest BCUT2D eigenvalue weighted by Gasteiger charge is -2.27. The molecule has 6 nitrogen and oxygen atoms in total. The van der Waals surface area contributed by atoms with E-state index in [4.69, 9.17) is 14.8 Å². The Kier molecular flexibility index (Phi) is 5.54. The van der Waals surface area contributed by atoms with Gasteiger partial charge in [0.05, 0.1) is 24.8 Å². The Bertz CT molecular complexity index is 1300. The van der Waals surface area contributed by atoms with Crippen LogP contribution in [-0.4, -0.2) is 31.4 Å². The number of methoxy groups -OCH3 is 1. The number of nitrogens with zero attached hydrogens (tertiary/aromatic N) is 5. The lowest BCUT2D eigenvalue weighted by molar-refractivity contribution is 0.342. The molecule has 1 aliphatic heterocycles. The summed E-state index contributed by atoms with van der Waals surface area (Å²) in [6.07, 6.45) is 8.63. The largest absolute Gasteiger partial charge is 0.495 e. The Morgan fingerprint density at radius 3 is 2.67 bits per heavy atom. The minimum absolute atomic E-state index is 0.113. The number of rotatable bonds is 5. The van der Waals surface area contributed by atoms with Gasteiger partial charge < -0.3 is 9.30 Å². The van der Waals surface area contributed by atoms with Gasteiger partial charge in [0.25, 0.3) is 0 Å². The van der Waals surface area contributed by atoms with Gasteiger partial charge in [0, 0.05) is 18.7 Å². The van der Waals surface area contributed by atoms with E-state index in [0.717, 1.165) is 47.0 Å². The summed E-state index contributed by atoms with van der Waals surface area (Å²) in [5, 5.41) is 4.72. The number of benzene rings is 2. The number of halogens is 1. The summed E-state index contributed by atoms with van der Waals surface area (Å²) in [6.45, 7) is 5.01. The summed E-state index contributed by atoms with van der Waals surface area (Å²) in [6, 6.07) is 12.8. The molecule has 7 heteroatoms. The van der Waals surface area contributed by atoms with Crippen LogP contribution < -0.4 is 4.74 Å². The van der Waals surface area contributed by atoms with Crippen molar-refractivity contribution in [2.45, 2.75) is 32.7 Å². The summed E-state index contributed by atoms with van der Waals surface area (Å²) in [4.78, 5) is 9.11. The molecule has 0 saturated heterocycles. The first kappa shape index (κ1) is 21.1. The number of hydrogen-bond donors (Lipinski definition) is 0. The second-order valence-corrected chi connectivity index (χ2v) is 8.64. The fraction of sp³-hybridized carbons (Fsp3) is 0.269. The lowest BCUT2D eigenvalue weighted by Crippen LogP contribution is -2.24. The molecule has 0 N–H and O–H groups in total. The highest BCUT2D eigenvalue weighted by Gasteiger charge is 2.29. The van der Waals surface area contributed by atoms with Crippen LogP contribution in [0.4, 0.5) is 4.39 Å². The first-order chi connectivity index (χ1) is 16.0. The van der Waals surface area contributed by atoms with E-state index in [-0.39, 0.29) is 11.7 Å². The van der Waals surface area contributed by atoms with Crippen LogP contribution in [0.3, 0.4) is 0 Å². The van der Waals surface area contributed by atoms with Crippen LogP contribution in [0, 0.1) is 18.7 Å². The Hall–Kier alpha value is -3.74. The number of hydrogen-bond acceptors (Lipinski definition) is 4. The zero-order valence-corrected chi connectivity index (χ0v) is 18.9. The van der Waals surface area contributed by atoms with Crippen LogP contribution in [0.25, 0.3) is 17.8 Å². The summed E-state index contributed by atoms with van der Waals surface area (Å²) in [5.41, 5.74) is 3.94. The van der Waals surface area contributed by atoms with Crippen molar-refractivity contribution in [3.8, 4) is 11.4 Å². The molecule has 5 rings (SSSR count). The Balaban J connectivity index is 1.42. The van der Waals surface area contributed by atoms with Crippen LogP contribution >= 0.6 is 0 Å². The van der Waals surface area contributed by atoms with Crippen LogP contribution in [0.1, 0.15) is 47.7 Å². The fourth-order valence-electron chi connectivity index (χ4n) is 4.43. The van der Waals surface area contributed by atoms with Gasteiger partial charge in [-0.3, -0.25) is 0 Å². The van der Waals surface area contributed by atoms with E-state index in [1.807, 2.05) is 64.9 Å². The molecule has 0 bridgehead atoms. The zero-order valence-electron chi connectivity index (χ0n) is 18.9.